The van der Waals surface area contributed by atoms with Crippen LogP contribution in [0.4, 0.5) is 34.1 Å². The summed E-state index contributed by atoms with van der Waals surface area (Å²) in [5.74, 6) is 0. The number of anilines is 6. The first-order chi connectivity index (χ1) is 21.6. The number of rotatable bonds is 3. The van der Waals surface area contributed by atoms with E-state index in [-0.39, 0.29) is 12.1 Å². The average molecular weight is 563 g/mol. The second-order valence-corrected chi connectivity index (χ2v) is 12.6. The molecule has 0 unspecified atom stereocenters. The van der Waals surface area contributed by atoms with Crippen LogP contribution < -0.4 is 26.2 Å². The lowest BCUT2D eigenvalue weighted by Crippen LogP contribution is -2.61. The largest absolute Gasteiger partial charge is 0.311 e. The van der Waals surface area contributed by atoms with Gasteiger partial charge in [0.25, 0.3) is 6.71 Å². The van der Waals surface area contributed by atoms with Crippen LogP contribution in [0.2, 0.25) is 0 Å². The van der Waals surface area contributed by atoms with Crippen molar-refractivity contribution >= 4 is 68.9 Å². The Morgan fingerprint density at radius 1 is 0.500 bits per heavy atom. The van der Waals surface area contributed by atoms with E-state index in [0.29, 0.717) is 0 Å². The van der Waals surface area contributed by atoms with Crippen molar-refractivity contribution < 1.29 is 0 Å². The maximum absolute atomic E-state index is 2.49. The third-order valence-corrected chi connectivity index (χ3v) is 9.83. The van der Waals surface area contributed by atoms with Gasteiger partial charge < -0.3 is 9.80 Å². The van der Waals surface area contributed by atoms with Crippen molar-refractivity contribution in [3.05, 3.63) is 162 Å². The number of allylic oxidation sites excluding steroid dienone is 1. The number of nitrogens with zero attached hydrogens (tertiary/aromatic N) is 2. The predicted molar refractivity (Wildman–Crippen MR) is 188 cm³/mol. The maximum atomic E-state index is 2.49. The van der Waals surface area contributed by atoms with Crippen molar-refractivity contribution in [2.24, 2.45) is 0 Å². The molecule has 0 atom stereocenters. The Kier molecular flexibility index (Phi) is 5.37. The summed E-state index contributed by atoms with van der Waals surface area (Å²) in [6.07, 6.45) is 2.41. The SMILES string of the molecule is CC1(C)C(c2cc3c4c(c2)N(c2ccccc2)c2ccccc2B4c2ccccc2N3c2ccccc2)=Cc2ccccc21. The van der Waals surface area contributed by atoms with Crippen LogP contribution in [0.5, 0.6) is 0 Å². The predicted octanol–water partition coefficient (Wildman–Crippen LogP) is 8.60. The monoisotopic (exact) mass is 562 g/mol. The second kappa shape index (κ2) is 9.36. The summed E-state index contributed by atoms with van der Waals surface area (Å²) in [6, 6.07) is 53.5. The lowest BCUT2D eigenvalue weighted by atomic mass is 9.33. The molecule has 0 radical (unpaired) electrons. The molecule has 0 spiro atoms. The first kappa shape index (κ1) is 25.2. The number of para-hydroxylation sites is 4. The Labute approximate surface area is 259 Å². The molecule has 0 saturated carbocycles. The molecule has 0 fully saturated rings. The molecule has 44 heavy (non-hydrogen) atoms. The molecule has 0 saturated heterocycles. The van der Waals surface area contributed by atoms with E-state index < -0.39 is 0 Å². The van der Waals surface area contributed by atoms with Crippen LogP contribution in [0.1, 0.15) is 30.5 Å². The van der Waals surface area contributed by atoms with Crippen LogP contribution in [0.3, 0.4) is 0 Å². The van der Waals surface area contributed by atoms with Gasteiger partial charge in [-0.3, -0.25) is 0 Å². The van der Waals surface area contributed by atoms with Crippen LogP contribution in [0, 0.1) is 0 Å². The van der Waals surface area contributed by atoms with Gasteiger partial charge in [-0.25, -0.2) is 0 Å². The highest BCUT2D eigenvalue weighted by Crippen LogP contribution is 2.50. The molecule has 0 bridgehead atoms. The average Bonchev–Trinajstić information content (AvgIpc) is 3.35. The summed E-state index contributed by atoms with van der Waals surface area (Å²) in [6.45, 7) is 4.86. The Balaban J connectivity index is 1.40. The van der Waals surface area contributed by atoms with E-state index in [2.05, 4.69) is 175 Å². The molecule has 0 aromatic heterocycles. The van der Waals surface area contributed by atoms with Crippen molar-refractivity contribution in [2.45, 2.75) is 19.3 Å². The number of hydrogen-bond donors (Lipinski definition) is 0. The zero-order valence-electron chi connectivity index (χ0n) is 24.9. The van der Waals surface area contributed by atoms with E-state index in [9.17, 15) is 0 Å². The van der Waals surface area contributed by atoms with Crippen molar-refractivity contribution in [3.63, 3.8) is 0 Å². The molecule has 2 heterocycles. The topological polar surface area (TPSA) is 6.48 Å². The number of benzene rings is 6. The van der Waals surface area contributed by atoms with E-state index in [1.165, 1.54) is 72.8 Å². The van der Waals surface area contributed by atoms with Gasteiger partial charge in [-0.2, -0.15) is 0 Å². The molecule has 0 N–H and O–H groups in total. The summed E-state index contributed by atoms with van der Waals surface area (Å²) in [5, 5.41) is 0. The normalized spacial score (nSPS) is 15.2. The first-order valence-electron chi connectivity index (χ1n) is 15.5. The highest BCUT2D eigenvalue weighted by Gasteiger charge is 2.44. The van der Waals surface area contributed by atoms with Crippen LogP contribution in [0.15, 0.2) is 146 Å². The molecule has 3 heteroatoms. The van der Waals surface area contributed by atoms with Crippen LogP contribution in [0.25, 0.3) is 11.6 Å². The van der Waals surface area contributed by atoms with Crippen molar-refractivity contribution in [2.75, 3.05) is 9.80 Å². The van der Waals surface area contributed by atoms with Gasteiger partial charge in [-0.15, -0.1) is 0 Å². The van der Waals surface area contributed by atoms with Gasteiger partial charge in [0.05, 0.1) is 0 Å². The smallest absolute Gasteiger partial charge is 0.252 e. The zero-order valence-corrected chi connectivity index (χ0v) is 24.9. The number of fused-ring (bicyclic) bond motifs is 5. The zero-order chi connectivity index (χ0) is 29.4. The standard InChI is InChI=1S/C41H31BN2/c1-41(2)32-20-10-9-15-28(32)25-33(41)29-26-38-40-39(27-29)44(31-18-7-4-8-19-31)37-24-14-12-22-35(37)42(40)34-21-11-13-23-36(34)43(38)30-16-5-3-6-17-30/h3-27H,1-2H3. The highest BCUT2D eigenvalue weighted by atomic mass is 15.2. The van der Waals surface area contributed by atoms with Crippen molar-refractivity contribution in [1.82, 2.24) is 0 Å². The fourth-order valence-electron chi connectivity index (χ4n) is 7.88. The summed E-state index contributed by atoms with van der Waals surface area (Å²) in [4.78, 5) is 4.97. The summed E-state index contributed by atoms with van der Waals surface area (Å²) < 4.78 is 0. The van der Waals surface area contributed by atoms with Crippen molar-refractivity contribution in [1.29, 1.82) is 0 Å². The lowest BCUT2D eigenvalue weighted by Gasteiger charge is -2.44. The lowest BCUT2D eigenvalue weighted by molar-refractivity contribution is 0.704. The minimum absolute atomic E-state index is 0.120. The Bertz CT molecular complexity index is 2000. The van der Waals surface area contributed by atoms with Gasteiger partial charge in [-0.05, 0) is 93.3 Å². The molecular weight excluding hydrogens is 531 g/mol. The maximum Gasteiger partial charge on any atom is 0.252 e. The van der Waals surface area contributed by atoms with E-state index in [0.717, 1.165) is 0 Å². The third-order valence-electron chi connectivity index (χ3n) is 9.83. The number of hydrogen-bond acceptors (Lipinski definition) is 2. The van der Waals surface area contributed by atoms with Gasteiger partial charge >= 0.3 is 0 Å². The minimum atomic E-state index is -0.120. The first-order valence-corrected chi connectivity index (χ1v) is 15.5. The summed E-state index contributed by atoms with van der Waals surface area (Å²) >= 11 is 0. The Morgan fingerprint density at radius 2 is 0.977 bits per heavy atom. The van der Waals surface area contributed by atoms with Crippen molar-refractivity contribution in [3.8, 4) is 0 Å². The van der Waals surface area contributed by atoms with E-state index >= 15 is 0 Å². The van der Waals surface area contributed by atoms with Crippen LogP contribution in [-0.2, 0) is 5.41 Å². The molecule has 6 aromatic rings. The summed E-state index contributed by atoms with van der Waals surface area (Å²) in [5.41, 5.74) is 16.5. The Hall–Kier alpha value is -5.28. The highest BCUT2D eigenvalue weighted by molar-refractivity contribution is 7.00. The van der Waals surface area contributed by atoms with Gasteiger partial charge in [0.1, 0.15) is 0 Å². The third kappa shape index (κ3) is 3.50. The van der Waals surface area contributed by atoms with Gasteiger partial charge in [0.2, 0.25) is 0 Å². The fourth-order valence-corrected chi connectivity index (χ4v) is 7.88. The van der Waals surface area contributed by atoms with E-state index in [1.54, 1.807) is 0 Å². The van der Waals surface area contributed by atoms with E-state index in [4.69, 9.17) is 0 Å². The molecule has 9 rings (SSSR count). The fraction of sp³-hybridized carbons (Fsp3) is 0.0732. The molecule has 2 aliphatic heterocycles. The molecule has 3 aliphatic rings. The van der Waals surface area contributed by atoms with Gasteiger partial charge in [-0.1, -0.05) is 111 Å². The molecule has 208 valence electrons. The van der Waals surface area contributed by atoms with Crippen LogP contribution in [-0.4, -0.2) is 6.71 Å². The minimum Gasteiger partial charge on any atom is -0.311 e. The molecule has 1 aliphatic carbocycles. The molecule has 0 amide bonds. The van der Waals surface area contributed by atoms with E-state index in [1.807, 2.05) is 0 Å². The second-order valence-electron chi connectivity index (χ2n) is 12.6. The molecule has 6 aromatic carbocycles. The molecule has 2 nitrogen and oxygen atoms in total. The molecular formula is C41H31BN2. The van der Waals surface area contributed by atoms with Gasteiger partial charge in [0.15, 0.2) is 0 Å². The Morgan fingerprint density at radius 3 is 1.52 bits per heavy atom. The van der Waals surface area contributed by atoms with Crippen LogP contribution >= 0.6 is 0 Å². The van der Waals surface area contributed by atoms with Gasteiger partial charge in [0, 0.05) is 39.5 Å². The summed E-state index contributed by atoms with van der Waals surface area (Å²) in [7, 11) is 0. The quantitative estimate of drug-likeness (QED) is 0.199.